The average Bonchev–Trinajstić information content (AvgIpc) is 3.71. The SMILES string of the molecule is O=C1C(=Cc2cn(-c3ccccc3)nc2-c2ccc(OCc3ccccc3)cc2)SC(=S)N1Cc1ccco1. The molecule has 3 aromatic carbocycles. The molecule has 6 rings (SSSR count). The summed E-state index contributed by atoms with van der Waals surface area (Å²) in [5.41, 5.74) is 4.51. The van der Waals surface area contributed by atoms with E-state index in [9.17, 15) is 4.79 Å². The zero-order valence-electron chi connectivity index (χ0n) is 20.8. The maximum absolute atomic E-state index is 13.3. The van der Waals surface area contributed by atoms with Gasteiger partial charge in [0.1, 0.15) is 22.4 Å². The number of nitrogens with zero attached hydrogens (tertiary/aromatic N) is 3. The van der Waals surface area contributed by atoms with Crippen LogP contribution in [-0.2, 0) is 17.9 Å². The summed E-state index contributed by atoms with van der Waals surface area (Å²) in [5.74, 6) is 1.30. The summed E-state index contributed by atoms with van der Waals surface area (Å²) in [7, 11) is 0. The first-order valence-electron chi connectivity index (χ1n) is 12.3. The number of amides is 1. The van der Waals surface area contributed by atoms with Gasteiger partial charge in [-0.25, -0.2) is 4.68 Å². The van der Waals surface area contributed by atoms with Gasteiger partial charge in [-0.05, 0) is 60.2 Å². The van der Waals surface area contributed by atoms with Gasteiger partial charge in [0.25, 0.3) is 5.91 Å². The molecule has 39 heavy (non-hydrogen) atoms. The molecular weight excluding hydrogens is 526 g/mol. The van der Waals surface area contributed by atoms with E-state index in [0.717, 1.165) is 33.8 Å². The van der Waals surface area contributed by atoms with Crippen LogP contribution < -0.4 is 4.74 Å². The predicted octanol–water partition coefficient (Wildman–Crippen LogP) is 7.11. The summed E-state index contributed by atoms with van der Waals surface area (Å²) < 4.78 is 13.7. The molecule has 0 aliphatic carbocycles. The van der Waals surface area contributed by atoms with Gasteiger partial charge in [-0.3, -0.25) is 9.69 Å². The van der Waals surface area contributed by atoms with Gasteiger partial charge in [0.15, 0.2) is 0 Å². The number of thioether (sulfide) groups is 1. The van der Waals surface area contributed by atoms with Crippen LogP contribution in [0.25, 0.3) is 23.0 Å². The Balaban J connectivity index is 1.30. The van der Waals surface area contributed by atoms with Crippen LogP contribution in [0.4, 0.5) is 0 Å². The Morgan fingerprint density at radius 2 is 1.67 bits per heavy atom. The van der Waals surface area contributed by atoms with E-state index in [-0.39, 0.29) is 5.91 Å². The van der Waals surface area contributed by atoms with Crippen LogP contribution in [0, 0.1) is 0 Å². The molecule has 0 atom stereocenters. The second-order valence-electron chi connectivity index (χ2n) is 8.86. The summed E-state index contributed by atoms with van der Waals surface area (Å²) in [4.78, 5) is 15.4. The Labute approximate surface area is 235 Å². The highest BCUT2D eigenvalue weighted by Gasteiger charge is 2.33. The minimum atomic E-state index is -0.149. The molecule has 8 heteroatoms. The van der Waals surface area contributed by atoms with Gasteiger partial charge in [-0.1, -0.05) is 72.5 Å². The topological polar surface area (TPSA) is 60.5 Å². The molecule has 0 N–H and O–H groups in total. The van der Waals surface area contributed by atoms with Crippen molar-refractivity contribution in [2.45, 2.75) is 13.2 Å². The van der Waals surface area contributed by atoms with E-state index < -0.39 is 0 Å². The van der Waals surface area contributed by atoms with Gasteiger partial charge < -0.3 is 9.15 Å². The first-order chi connectivity index (χ1) is 19.1. The van der Waals surface area contributed by atoms with E-state index in [1.807, 2.05) is 108 Å². The molecule has 0 radical (unpaired) electrons. The summed E-state index contributed by atoms with van der Waals surface area (Å²) in [6, 6.07) is 31.4. The van der Waals surface area contributed by atoms with Crippen LogP contribution in [0.15, 0.2) is 119 Å². The van der Waals surface area contributed by atoms with E-state index in [1.165, 1.54) is 11.8 Å². The molecule has 1 fully saturated rings. The highest BCUT2D eigenvalue weighted by Crippen LogP contribution is 2.36. The van der Waals surface area contributed by atoms with Gasteiger partial charge in [0.2, 0.25) is 0 Å². The quantitative estimate of drug-likeness (QED) is 0.152. The van der Waals surface area contributed by atoms with Crippen molar-refractivity contribution in [2.75, 3.05) is 0 Å². The zero-order valence-corrected chi connectivity index (χ0v) is 22.4. The number of furan rings is 1. The van der Waals surface area contributed by atoms with Gasteiger partial charge in [0, 0.05) is 17.3 Å². The maximum Gasteiger partial charge on any atom is 0.266 e. The maximum atomic E-state index is 13.3. The third-order valence-electron chi connectivity index (χ3n) is 6.19. The molecule has 6 nitrogen and oxygen atoms in total. The van der Waals surface area contributed by atoms with Crippen LogP contribution in [-0.4, -0.2) is 24.9 Å². The van der Waals surface area contributed by atoms with E-state index >= 15 is 0 Å². The summed E-state index contributed by atoms with van der Waals surface area (Å²) in [5, 5.41) is 4.89. The molecule has 0 unspecified atom stereocenters. The number of rotatable bonds is 8. The van der Waals surface area contributed by atoms with Crippen LogP contribution in [0.3, 0.4) is 0 Å². The molecule has 1 aliphatic rings. The fourth-order valence-electron chi connectivity index (χ4n) is 4.22. The highest BCUT2D eigenvalue weighted by molar-refractivity contribution is 8.26. The molecule has 1 amide bonds. The van der Waals surface area contributed by atoms with E-state index in [2.05, 4.69) is 0 Å². The second kappa shape index (κ2) is 11.1. The number of ether oxygens (including phenoxy) is 1. The number of benzene rings is 3. The number of carbonyl (C=O) groups is 1. The van der Waals surface area contributed by atoms with Gasteiger partial charge >= 0.3 is 0 Å². The minimum absolute atomic E-state index is 0.149. The zero-order chi connectivity index (χ0) is 26.6. The fraction of sp³-hybridized carbons (Fsp3) is 0.0645. The van der Waals surface area contributed by atoms with Crippen molar-refractivity contribution < 1.29 is 13.9 Å². The fourth-order valence-corrected chi connectivity index (χ4v) is 5.46. The Morgan fingerprint density at radius 3 is 2.38 bits per heavy atom. The molecule has 2 aromatic heterocycles. The third kappa shape index (κ3) is 5.57. The Bertz CT molecular complexity index is 1630. The molecule has 1 aliphatic heterocycles. The van der Waals surface area contributed by atoms with Crippen molar-refractivity contribution in [3.8, 4) is 22.7 Å². The van der Waals surface area contributed by atoms with E-state index in [4.69, 9.17) is 26.5 Å². The molecule has 192 valence electrons. The molecule has 0 saturated carbocycles. The van der Waals surface area contributed by atoms with Gasteiger partial charge in [0.05, 0.1) is 29.1 Å². The average molecular weight is 550 g/mol. The Kier molecular flexibility index (Phi) is 7.12. The lowest BCUT2D eigenvalue weighted by molar-refractivity contribution is -0.122. The molecule has 5 aromatic rings. The van der Waals surface area contributed by atoms with E-state index in [1.54, 1.807) is 17.2 Å². The number of hydrogen-bond acceptors (Lipinski definition) is 6. The van der Waals surface area contributed by atoms with Crippen molar-refractivity contribution in [3.05, 3.63) is 131 Å². The lowest BCUT2D eigenvalue weighted by Crippen LogP contribution is -2.27. The monoisotopic (exact) mass is 549 g/mol. The van der Waals surface area contributed by atoms with Crippen molar-refractivity contribution in [1.82, 2.24) is 14.7 Å². The van der Waals surface area contributed by atoms with E-state index in [0.29, 0.717) is 28.1 Å². The first-order valence-corrected chi connectivity index (χ1v) is 13.6. The minimum Gasteiger partial charge on any atom is -0.489 e. The molecule has 0 spiro atoms. The summed E-state index contributed by atoms with van der Waals surface area (Å²) >= 11 is 6.80. The molecular formula is C31H23N3O3S2. The molecule has 3 heterocycles. The highest BCUT2D eigenvalue weighted by atomic mass is 32.2. The lowest BCUT2D eigenvalue weighted by atomic mass is 10.1. The van der Waals surface area contributed by atoms with Crippen LogP contribution in [0.1, 0.15) is 16.9 Å². The standard InChI is InChI=1S/C31H23N3O3S2/c35-30-28(39-31(38)33(30)20-27-12-7-17-36-27)18-24-19-34(25-10-5-2-6-11-25)32-29(24)23-13-15-26(16-14-23)37-21-22-8-3-1-4-9-22/h1-19H,20-21H2. The summed E-state index contributed by atoms with van der Waals surface area (Å²) in [6.45, 7) is 0.795. The second-order valence-corrected chi connectivity index (χ2v) is 10.5. The predicted molar refractivity (Wildman–Crippen MR) is 157 cm³/mol. The largest absolute Gasteiger partial charge is 0.489 e. The Hall–Kier alpha value is -4.40. The summed E-state index contributed by atoms with van der Waals surface area (Å²) in [6.07, 6.45) is 5.39. The number of thiocarbonyl (C=S) groups is 1. The first kappa shape index (κ1) is 24.9. The smallest absolute Gasteiger partial charge is 0.266 e. The normalized spacial score (nSPS) is 14.4. The van der Waals surface area contributed by atoms with Crippen molar-refractivity contribution >= 4 is 40.3 Å². The molecule has 0 bridgehead atoms. The number of hydrogen-bond donors (Lipinski definition) is 0. The number of carbonyl (C=O) groups excluding carboxylic acids is 1. The Morgan fingerprint density at radius 1 is 0.923 bits per heavy atom. The van der Waals surface area contributed by atoms with Crippen molar-refractivity contribution in [2.24, 2.45) is 0 Å². The van der Waals surface area contributed by atoms with Crippen molar-refractivity contribution in [1.29, 1.82) is 0 Å². The lowest BCUT2D eigenvalue weighted by Gasteiger charge is -2.11. The van der Waals surface area contributed by atoms with Gasteiger partial charge in [-0.15, -0.1) is 0 Å². The molecule has 1 saturated heterocycles. The van der Waals surface area contributed by atoms with Crippen LogP contribution in [0.2, 0.25) is 0 Å². The third-order valence-corrected chi connectivity index (χ3v) is 7.57. The number of para-hydroxylation sites is 1. The number of aromatic nitrogens is 2. The van der Waals surface area contributed by atoms with Gasteiger partial charge in [-0.2, -0.15) is 5.10 Å². The van der Waals surface area contributed by atoms with Crippen molar-refractivity contribution in [3.63, 3.8) is 0 Å². The van der Waals surface area contributed by atoms with Crippen LogP contribution >= 0.6 is 24.0 Å². The van der Waals surface area contributed by atoms with Crippen LogP contribution in [0.5, 0.6) is 5.75 Å².